The normalized spacial score (nSPS) is 17.7. The third-order valence-electron chi connectivity index (χ3n) is 3.04. The Hall–Kier alpha value is -1.85. The number of amides is 1. The summed E-state index contributed by atoms with van der Waals surface area (Å²) >= 11 is 0. The molecule has 0 aromatic carbocycles. The van der Waals surface area contributed by atoms with E-state index in [-0.39, 0.29) is 17.2 Å². The zero-order valence-corrected chi connectivity index (χ0v) is 11.3. The first-order valence-electron chi connectivity index (χ1n) is 5.50. The zero-order valence-electron chi connectivity index (χ0n) is 10.5. The van der Waals surface area contributed by atoms with Crippen molar-refractivity contribution in [3.8, 4) is 6.07 Å². The van der Waals surface area contributed by atoms with Crippen LogP contribution in [0.2, 0.25) is 0 Å². The monoisotopic (exact) mass is 283 g/mol. The van der Waals surface area contributed by atoms with Crippen molar-refractivity contribution in [2.75, 3.05) is 13.1 Å². The van der Waals surface area contributed by atoms with Gasteiger partial charge in [-0.15, -0.1) is 0 Å². The van der Waals surface area contributed by atoms with Gasteiger partial charge < -0.3 is 9.32 Å². The number of nitrogens with zero attached hydrogens (tertiary/aromatic N) is 2. The molecule has 0 bridgehead atoms. The molecule has 0 saturated carbocycles. The van der Waals surface area contributed by atoms with Crippen molar-refractivity contribution in [3.05, 3.63) is 17.4 Å². The van der Waals surface area contributed by atoms with Crippen molar-refractivity contribution in [2.45, 2.75) is 18.9 Å². The highest BCUT2D eigenvalue weighted by Gasteiger charge is 2.42. The van der Waals surface area contributed by atoms with E-state index in [0.29, 0.717) is 13.1 Å². The van der Waals surface area contributed by atoms with Gasteiger partial charge in [-0.3, -0.25) is 4.79 Å². The number of carbonyl (C=O) groups is 1. The smallest absolute Gasteiger partial charge is 0.271 e. The Labute approximate surface area is 110 Å². The summed E-state index contributed by atoms with van der Waals surface area (Å²) in [4.78, 5) is 13.6. The molecule has 19 heavy (non-hydrogen) atoms. The molecule has 1 aliphatic rings. The summed E-state index contributed by atoms with van der Waals surface area (Å²) in [6.07, 6.45) is 0. The van der Waals surface area contributed by atoms with Gasteiger partial charge in [-0.1, -0.05) is 0 Å². The van der Waals surface area contributed by atoms with Crippen molar-refractivity contribution in [1.29, 1.82) is 5.26 Å². The summed E-state index contributed by atoms with van der Waals surface area (Å²) in [6.45, 7) is 3.88. The number of hydrogen-bond acceptors (Lipinski definition) is 5. The lowest BCUT2D eigenvalue weighted by Gasteiger charge is -2.43. The second-order valence-electron chi connectivity index (χ2n) is 4.91. The van der Waals surface area contributed by atoms with Crippen LogP contribution in [0.1, 0.15) is 23.0 Å². The van der Waals surface area contributed by atoms with Crippen LogP contribution in [0.25, 0.3) is 0 Å². The Kier molecular flexibility index (Phi) is 2.91. The summed E-state index contributed by atoms with van der Waals surface area (Å²) in [7, 11) is -3.97. The van der Waals surface area contributed by atoms with Crippen molar-refractivity contribution in [3.63, 3.8) is 0 Å². The number of primary sulfonamides is 1. The van der Waals surface area contributed by atoms with Crippen molar-refractivity contribution < 1.29 is 17.6 Å². The number of carbonyl (C=O) groups excluding carboxylic acids is 1. The van der Waals surface area contributed by atoms with E-state index in [2.05, 4.69) is 6.07 Å². The van der Waals surface area contributed by atoms with Crippen molar-refractivity contribution in [1.82, 2.24) is 4.90 Å². The lowest BCUT2D eigenvalue weighted by Crippen LogP contribution is -2.56. The number of likely N-dealkylation sites (tertiary alicyclic amines) is 1. The minimum atomic E-state index is -3.97. The van der Waals surface area contributed by atoms with Crippen LogP contribution in [-0.2, 0) is 10.0 Å². The lowest BCUT2D eigenvalue weighted by molar-refractivity contribution is 0.0367. The van der Waals surface area contributed by atoms with E-state index < -0.39 is 20.5 Å². The van der Waals surface area contributed by atoms with E-state index in [0.717, 1.165) is 6.07 Å². The van der Waals surface area contributed by atoms with Gasteiger partial charge in [0.1, 0.15) is 5.76 Å². The third kappa shape index (κ3) is 2.34. The fourth-order valence-electron chi connectivity index (χ4n) is 1.99. The van der Waals surface area contributed by atoms with E-state index >= 15 is 0 Å². The van der Waals surface area contributed by atoms with Gasteiger partial charge in [-0.05, 0) is 13.8 Å². The first kappa shape index (κ1) is 13.6. The van der Waals surface area contributed by atoms with Crippen LogP contribution in [0, 0.1) is 23.7 Å². The second-order valence-corrected chi connectivity index (χ2v) is 6.41. The molecule has 0 spiro atoms. The number of rotatable bonds is 2. The second kappa shape index (κ2) is 4.08. The van der Waals surface area contributed by atoms with Gasteiger partial charge in [0.2, 0.25) is 5.09 Å². The van der Waals surface area contributed by atoms with Crippen LogP contribution < -0.4 is 5.14 Å². The van der Waals surface area contributed by atoms with Gasteiger partial charge in [0.25, 0.3) is 15.9 Å². The molecule has 1 aromatic rings. The summed E-state index contributed by atoms with van der Waals surface area (Å²) in [5.74, 6) is -0.163. The summed E-state index contributed by atoms with van der Waals surface area (Å²) in [5, 5.41) is 13.4. The van der Waals surface area contributed by atoms with Gasteiger partial charge in [0.05, 0.1) is 17.0 Å². The van der Waals surface area contributed by atoms with Gasteiger partial charge in [-0.2, -0.15) is 5.26 Å². The van der Waals surface area contributed by atoms with Crippen LogP contribution in [0.5, 0.6) is 0 Å². The quantitative estimate of drug-likeness (QED) is 0.833. The highest BCUT2D eigenvalue weighted by atomic mass is 32.2. The third-order valence-corrected chi connectivity index (χ3v) is 3.80. The predicted octanol–water partition coefficient (Wildman–Crippen LogP) is 0.221. The van der Waals surface area contributed by atoms with Crippen LogP contribution >= 0.6 is 0 Å². The Morgan fingerprint density at radius 1 is 1.58 bits per heavy atom. The lowest BCUT2D eigenvalue weighted by atomic mass is 9.83. The van der Waals surface area contributed by atoms with Gasteiger partial charge in [0.15, 0.2) is 0 Å². The van der Waals surface area contributed by atoms with Gasteiger partial charge in [-0.25, -0.2) is 13.6 Å². The van der Waals surface area contributed by atoms with Crippen LogP contribution in [0.4, 0.5) is 0 Å². The molecular weight excluding hydrogens is 270 g/mol. The van der Waals surface area contributed by atoms with Gasteiger partial charge >= 0.3 is 0 Å². The van der Waals surface area contributed by atoms with Crippen molar-refractivity contribution in [2.24, 2.45) is 10.6 Å². The summed E-state index contributed by atoms with van der Waals surface area (Å²) < 4.78 is 27.3. The van der Waals surface area contributed by atoms with E-state index in [4.69, 9.17) is 14.8 Å². The Bertz CT molecular complexity index is 677. The summed E-state index contributed by atoms with van der Waals surface area (Å²) in [6, 6.07) is 3.25. The van der Waals surface area contributed by atoms with Gasteiger partial charge in [0, 0.05) is 19.2 Å². The minimum absolute atomic E-state index is 0.156. The topological polar surface area (TPSA) is 117 Å². The average molecular weight is 283 g/mol. The average Bonchev–Trinajstić information content (AvgIpc) is 2.66. The predicted molar refractivity (Wildman–Crippen MR) is 64.4 cm³/mol. The molecule has 1 fully saturated rings. The molecule has 2 rings (SSSR count). The Morgan fingerprint density at radius 2 is 2.16 bits per heavy atom. The maximum absolute atomic E-state index is 12.1. The largest absolute Gasteiger partial charge is 0.448 e. The van der Waals surface area contributed by atoms with Crippen LogP contribution in [-0.4, -0.2) is 32.3 Å². The fraction of sp³-hybridized carbons (Fsp3) is 0.455. The number of nitrogens with two attached hydrogens (primary N) is 1. The number of hydrogen-bond donors (Lipinski definition) is 1. The number of furan rings is 1. The highest BCUT2D eigenvalue weighted by Crippen LogP contribution is 2.31. The molecule has 2 heterocycles. The molecule has 0 radical (unpaired) electrons. The maximum Gasteiger partial charge on any atom is 0.271 e. The molecule has 0 atom stereocenters. The van der Waals surface area contributed by atoms with Crippen molar-refractivity contribution >= 4 is 15.9 Å². The molecule has 1 aromatic heterocycles. The standard InChI is InChI=1S/C11H13N3O4S/c1-7-8(3-9(18-7)19(13,16)17)10(15)14-5-11(2,4-12)6-14/h3H,5-6H2,1-2H3,(H2,13,16,17). The first-order chi connectivity index (χ1) is 8.66. The molecule has 0 aliphatic carbocycles. The number of aryl methyl sites for hydroxylation is 1. The van der Waals surface area contributed by atoms with Crippen LogP contribution in [0.15, 0.2) is 15.6 Å². The maximum atomic E-state index is 12.1. The van der Waals surface area contributed by atoms with E-state index in [1.165, 1.54) is 11.8 Å². The van der Waals surface area contributed by atoms with Crippen LogP contribution in [0.3, 0.4) is 0 Å². The number of nitriles is 1. The Balaban J connectivity index is 2.23. The molecule has 102 valence electrons. The Morgan fingerprint density at radius 3 is 2.58 bits per heavy atom. The first-order valence-corrected chi connectivity index (χ1v) is 7.05. The zero-order chi connectivity index (χ0) is 14.4. The molecule has 1 amide bonds. The fourth-order valence-corrected chi connectivity index (χ4v) is 2.51. The molecule has 1 saturated heterocycles. The molecule has 8 heteroatoms. The minimum Gasteiger partial charge on any atom is -0.448 e. The molecule has 0 unspecified atom stereocenters. The summed E-state index contributed by atoms with van der Waals surface area (Å²) in [5.41, 5.74) is -0.375. The highest BCUT2D eigenvalue weighted by molar-refractivity contribution is 7.89. The molecule has 1 aliphatic heterocycles. The molecule has 7 nitrogen and oxygen atoms in total. The SMILES string of the molecule is Cc1oc(S(N)(=O)=O)cc1C(=O)N1CC(C)(C#N)C1. The van der Waals surface area contributed by atoms with E-state index in [1.54, 1.807) is 6.92 Å². The molecule has 2 N–H and O–H groups in total. The number of sulfonamides is 1. The van der Waals surface area contributed by atoms with E-state index in [1.807, 2.05) is 0 Å². The molecular formula is C11H13N3O4S. The van der Waals surface area contributed by atoms with E-state index in [9.17, 15) is 13.2 Å².